The van der Waals surface area contributed by atoms with E-state index < -0.39 is 0 Å². The molecule has 0 atom stereocenters. The third-order valence-corrected chi connectivity index (χ3v) is 5.46. The Bertz CT molecular complexity index is 890. The fraction of sp³-hybridized carbons (Fsp3) is 0.353. The van der Waals surface area contributed by atoms with Crippen LogP contribution in [0.15, 0.2) is 35.1 Å². The average molecular weight is 377 g/mol. The molecule has 0 fully saturated rings. The van der Waals surface area contributed by atoms with Crippen molar-refractivity contribution in [3.05, 3.63) is 51.4 Å². The Kier molecular flexibility index (Phi) is 5.93. The van der Waals surface area contributed by atoms with E-state index in [1.807, 2.05) is 31.2 Å². The molecule has 0 N–H and O–H groups in total. The van der Waals surface area contributed by atoms with Gasteiger partial charge in [-0.05, 0) is 30.7 Å². The topological polar surface area (TPSA) is 65.7 Å². The summed E-state index contributed by atoms with van der Waals surface area (Å²) in [7, 11) is 1.64. The van der Waals surface area contributed by atoms with Crippen LogP contribution in [0.4, 0.5) is 0 Å². The van der Waals surface area contributed by atoms with E-state index in [0.717, 1.165) is 34.4 Å². The number of methoxy groups -OCH3 is 1. The maximum Gasteiger partial charge on any atom is 0.275 e. The van der Waals surface area contributed by atoms with Crippen LogP contribution in [0.1, 0.15) is 17.6 Å². The Morgan fingerprint density at radius 2 is 2.00 bits per heavy atom. The summed E-state index contributed by atoms with van der Waals surface area (Å²) in [6.45, 7) is 2.61. The molecule has 3 aromatic rings. The minimum absolute atomic E-state index is 0.119. The van der Waals surface area contributed by atoms with E-state index in [1.54, 1.807) is 24.9 Å². The number of nitrogens with zero attached hydrogens (tertiary/aromatic N) is 3. The number of aryl methyl sites for hydroxylation is 1. The molecule has 0 saturated carbocycles. The van der Waals surface area contributed by atoms with Gasteiger partial charge in [0.25, 0.3) is 5.56 Å². The van der Waals surface area contributed by atoms with Crippen LogP contribution in [-0.4, -0.2) is 34.1 Å². The van der Waals surface area contributed by atoms with Gasteiger partial charge in [0.05, 0.1) is 19.4 Å². The van der Waals surface area contributed by atoms with Crippen LogP contribution in [-0.2, 0) is 12.2 Å². The molecule has 0 saturated heterocycles. The van der Waals surface area contributed by atoms with Crippen LogP contribution >= 0.6 is 23.1 Å². The Balaban J connectivity index is 1.50. The van der Waals surface area contributed by atoms with E-state index >= 15 is 0 Å². The highest BCUT2D eigenvalue weighted by Crippen LogP contribution is 2.18. The van der Waals surface area contributed by atoms with E-state index in [9.17, 15) is 4.79 Å². The smallest absolute Gasteiger partial charge is 0.275 e. The molecular weight excluding hydrogens is 358 g/mol. The van der Waals surface area contributed by atoms with Gasteiger partial charge >= 0.3 is 0 Å². The Morgan fingerprint density at radius 1 is 1.24 bits per heavy atom. The summed E-state index contributed by atoms with van der Waals surface area (Å²) >= 11 is 3.15. The Labute approximate surface area is 153 Å². The van der Waals surface area contributed by atoms with E-state index in [1.165, 1.54) is 15.9 Å². The number of thioether (sulfide) groups is 1. The average Bonchev–Trinajstić information content (AvgIpc) is 3.06. The van der Waals surface area contributed by atoms with Crippen molar-refractivity contribution in [3.8, 4) is 11.5 Å². The third kappa shape index (κ3) is 4.52. The first kappa shape index (κ1) is 17.8. The molecule has 8 heteroatoms. The summed E-state index contributed by atoms with van der Waals surface area (Å²) in [6.07, 6.45) is 0.806. The lowest BCUT2D eigenvalue weighted by Gasteiger charge is -2.06. The zero-order valence-electron chi connectivity index (χ0n) is 14.1. The van der Waals surface area contributed by atoms with Crippen molar-refractivity contribution in [2.75, 3.05) is 19.5 Å². The van der Waals surface area contributed by atoms with Gasteiger partial charge in [-0.1, -0.05) is 18.3 Å². The van der Waals surface area contributed by atoms with Crippen LogP contribution in [0.3, 0.4) is 0 Å². The molecule has 0 amide bonds. The van der Waals surface area contributed by atoms with Gasteiger partial charge in [-0.2, -0.15) is 21.4 Å². The van der Waals surface area contributed by atoms with E-state index in [2.05, 4.69) is 10.1 Å². The number of ether oxygens (including phenoxy) is 2. The molecule has 0 aliphatic rings. The zero-order chi connectivity index (χ0) is 17.6. The predicted molar refractivity (Wildman–Crippen MR) is 101 cm³/mol. The van der Waals surface area contributed by atoms with Crippen LogP contribution in [0.2, 0.25) is 0 Å². The van der Waals surface area contributed by atoms with E-state index in [0.29, 0.717) is 17.3 Å². The highest BCUT2D eigenvalue weighted by Gasteiger charge is 2.08. The first-order valence-electron chi connectivity index (χ1n) is 7.93. The van der Waals surface area contributed by atoms with Crippen molar-refractivity contribution in [2.45, 2.75) is 19.1 Å². The summed E-state index contributed by atoms with van der Waals surface area (Å²) in [5.41, 5.74) is 0.664. The zero-order valence-corrected chi connectivity index (χ0v) is 15.7. The maximum atomic E-state index is 12.1. The molecule has 132 valence electrons. The minimum Gasteiger partial charge on any atom is -0.497 e. The molecule has 2 heterocycles. The standard InChI is InChI=1S/C17H19N3O3S2/c1-3-15-19-20-16(21)10-12(18-17(20)25-15)11-24-9-8-23-14-6-4-13(22-2)5-7-14/h4-7,10H,3,8-9,11H2,1-2H3. The second-order valence-corrected chi connectivity index (χ2v) is 7.35. The van der Waals surface area contributed by atoms with Crippen LogP contribution < -0.4 is 15.0 Å². The molecule has 0 aliphatic heterocycles. The SMILES string of the molecule is CCc1nn2c(=O)cc(CSCCOc3ccc(OC)cc3)nc2s1. The number of hydrogen-bond donors (Lipinski definition) is 0. The van der Waals surface area contributed by atoms with E-state index in [4.69, 9.17) is 9.47 Å². The monoisotopic (exact) mass is 377 g/mol. The van der Waals surface area contributed by atoms with Crippen molar-refractivity contribution >= 4 is 28.1 Å². The third-order valence-electron chi connectivity index (χ3n) is 3.45. The van der Waals surface area contributed by atoms with Crippen molar-refractivity contribution in [1.29, 1.82) is 0 Å². The van der Waals surface area contributed by atoms with Crippen LogP contribution in [0, 0.1) is 0 Å². The van der Waals surface area contributed by atoms with Gasteiger partial charge in [-0.15, -0.1) is 0 Å². The second-order valence-electron chi connectivity index (χ2n) is 5.21. The lowest BCUT2D eigenvalue weighted by molar-refractivity contribution is 0.342. The van der Waals surface area contributed by atoms with Gasteiger partial charge in [0.15, 0.2) is 0 Å². The number of rotatable bonds is 8. The molecule has 0 radical (unpaired) electrons. The van der Waals surface area contributed by atoms with Crippen LogP contribution in [0.25, 0.3) is 4.96 Å². The fourth-order valence-electron chi connectivity index (χ4n) is 2.18. The van der Waals surface area contributed by atoms with Gasteiger partial charge in [0, 0.05) is 17.6 Å². The van der Waals surface area contributed by atoms with Crippen molar-refractivity contribution < 1.29 is 9.47 Å². The van der Waals surface area contributed by atoms with Gasteiger partial charge in [0.2, 0.25) is 4.96 Å². The fourth-order valence-corrected chi connectivity index (χ4v) is 3.74. The number of fused-ring (bicyclic) bond motifs is 1. The van der Waals surface area contributed by atoms with E-state index in [-0.39, 0.29) is 5.56 Å². The molecule has 0 bridgehead atoms. The highest BCUT2D eigenvalue weighted by molar-refractivity contribution is 7.98. The molecule has 1 aromatic carbocycles. The summed E-state index contributed by atoms with van der Waals surface area (Å²) < 4.78 is 12.2. The summed E-state index contributed by atoms with van der Waals surface area (Å²) in [6, 6.07) is 9.07. The molecule has 0 unspecified atom stereocenters. The van der Waals surface area contributed by atoms with Crippen LogP contribution in [0.5, 0.6) is 11.5 Å². The molecule has 0 spiro atoms. The Hall–Kier alpha value is -2.06. The maximum absolute atomic E-state index is 12.1. The highest BCUT2D eigenvalue weighted by atomic mass is 32.2. The van der Waals surface area contributed by atoms with Crippen molar-refractivity contribution in [3.63, 3.8) is 0 Å². The molecule has 0 aliphatic carbocycles. The van der Waals surface area contributed by atoms with Gasteiger partial charge < -0.3 is 9.47 Å². The first-order chi connectivity index (χ1) is 12.2. The lowest BCUT2D eigenvalue weighted by Crippen LogP contribution is -2.15. The predicted octanol–water partition coefficient (Wildman–Crippen LogP) is 3.03. The number of benzene rings is 1. The molecule has 3 rings (SSSR count). The first-order valence-corrected chi connectivity index (χ1v) is 9.90. The largest absolute Gasteiger partial charge is 0.497 e. The summed E-state index contributed by atoms with van der Waals surface area (Å²) in [5, 5.41) is 5.17. The van der Waals surface area contributed by atoms with Crippen molar-refractivity contribution in [1.82, 2.24) is 14.6 Å². The number of aromatic nitrogens is 3. The Morgan fingerprint density at radius 3 is 2.72 bits per heavy atom. The second kappa shape index (κ2) is 8.35. The molecular formula is C17H19N3O3S2. The van der Waals surface area contributed by atoms with Gasteiger partial charge in [-0.3, -0.25) is 4.79 Å². The molecule has 6 nitrogen and oxygen atoms in total. The van der Waals surface area contributed by atoms with Crippen molar-refractivity contribution in [2.24, 2.45) is 0 Å². The quantitative estimate of drug-likeness (QED) is 0.562. The van der Waals surface area contributed by atoms with Gasteiger partial charge in [-0.25, -0.2) is 4.98 Å². The minimum atomic E-state index is -0.119. The summed E-state index contributed by atoms with van der Waals surface area (Å²) in [4.78, 5) is 17.3. The molecule has 25 heavy (non-hydrogen) atoms. The normalized spacial score (nSPS) is 11.0. The lowest BCUT2D eigenvalue weighted by atomic mass is 10.3. The number of hydrogen-bond acceptors (Lipinski definition) is 7. The van der Waals surface area contributed by atoms with Gasteiger partial charge in [0.1, 0.15) is 16.5 Å². The molecule has 2 aromatic heterocycles. The summed E-state index contributed by atoms with van der Waals surface area (Å²) in [5.74, 6) is 3.12.